The van der Waals surface area contributed by atoms with Gasteiger partial charge in [-0.3, -0.25) is 4.79 Å². The number of carbonyl (C=O) groups is 1. The number of benzene rings is 1. The third-order valence-corrected chi connectivity index (χ3v) is 4.23. The molecule has 23 heavy (non-hydrogen) atoms. The third-order valence-electron chi connectivity index (χ3n) is 4.23. The van der Waals surface area contributed by atoms with Gasteiger partial charge in [-0.15, -0.1) is 0 Å². The predicted molar refractivity (Wildman–Crippen MR) is 90.7 cm³/mol. The van der Waals surface area contributed by atoms with Crippen LogP contribution in [0.3, 0.4) is 0 Å². The molecule has 3 heteroatoms. The number of ketones is 1. The minimum Gasteiger partial charge on any atom is -0.320 e. The summed E-state index contributed by atoms with van der Waals surface area (Å²) < 4.78 is 2.04. The number of fused-ring (bicyclic) bond motifs is 1. The molecule has 2 aromatic heterocycles. The van der Waals surface area contributed by atoms with E-state index in [9.17, 15) is 4.79 Å². The van der Waals surface area contributed by atoms with Gasteiger partial charge in [0.1, 0.15) is 0 Å². The largest absolute Gasteiger partial charge is 0.320 e. The molecule has 0 N–H and O–H groups in total. The Morgan fingerprint density at radius 2 is 1.87 bits per heavy atom. The minimum atomic E-state index is 0.0365. The van der Waals surface area contributed by atoms with Gasteiger partial charge in [0.15, 0.2) is 5.78 Å². The van der Waals surface area contributed by atoms with E-state index < -0.39 is 0 Å². The summed E-state index contributed by atoms with van der Waals surface area (Å²) >= 11 is 0. The van der Waals surface area contributed by atoms with Crippen LogP contribution >= 0.6 is 0 Å². The highest BCUT2D eigenvalue weighted by atomic mass is 16.1. The molecule has 3 rings (SSSR count). The molecule has 0 aliphatic rings. The lowest BCUT2D eigenvalue weighted by molar-refractivity contribution is 0.104. The molecular weight excluding hydrogens is 284 g/mol. The van der Waals surface area contributed by atoms with Gasteiger partial charge in [-0.2, -0.15) is 5.26 Å². The second kappa shape index (κ2) is 6.10. The molecule has 114 valence electrons. The lowest BCUT2D eigenvalue weighted by Crippen LogP contribution is -2.02. The van der Waals surface area contributed by atoms with Gasteiger partial charge in [-0.05, 0) is 31.5 Å². The number of rotatable bonds is 4. The lowest BCUT2D eigenvalue weighted by atomic mass is 9.99. The monoisotopic (exact) mass is 302 g/mol. The summed E-state index contributed by atoms with van der Waals surface area (Å²) in [7, 11) is 0. The van der Waals surface area contributed by atoms with E-state index in [2.05, 4.69) is 6.07 Å². The molecule has 0 saturated carbocycles. The second-order valence-electron chi connectivity index (χ2n) is 5.76. The first-order valence-electron chi connectivity index (χ1n) is 7.70. The van der Waals surface area contributed by atoms with Crippen LogP contribution in [-0.2, 0) is 6.42 Å². The first kappa shape index (κ1) is 15.1. The zero-order valence-corrected chi connectivity index (χ0v) is 13.3. The molecule has 0 aliphatic carbocycles. The Balaban J connectivity index is 2.17. The summed E-state index contributed by atoms with van der Waals surface area (Å²) in [6.07, 6.45) is 3.05. The Bertz CT molecular complexity index is 911. The normalized spacial score (nSPS) is 10.7. The molecule has 0 amide bonds. The van der Waals surface area contributed by atoms with Crippen molar-refractivity contribution in [2.24, 2.45) is 0 Å². The van der Waals surface area contributed by atoms with Crippen LogP contribution in [-0.4, -0.2) is 10.2 Å². The van der Waals surface area contributed by atoms with E-state index in [0.717, 1.165) is 27.9 Å². The first-order chi connectivity index (χ1) is 11.1. The van der Waals surface area contributed by atoms with Crippen molar-refractivity contribution >= 4 is 11.3 Å². The van der Waals surface area contributed by atoms with Gasteiger partial charge < -0.3 is 4.40 Å². The number of pyridine rings is 1. The average Bonchev–Trinajstić information content (AvgIpc) is 2.84. The molecule has 0 unspecified atom stereocenters. The molecular formula is C20H18N2O. The summed E-state index contributed by atoms with van der Waals surface area (Å²) in [5.41, 5.74) is 5.48. The first-order valence-corrected chi connectivity index (χ1v) is 7.70. The average molecular weight is 302 g/mol. The van der Waals surface area contributed by atoms with Gasteiger partial charge in [-0.25, -0.2) is 0 Å². The van der Waals surface area contributed by atoms with Crippen molar-refractivity contribution in [1.82, 2.24) is 4.40 Å². The van der Waals surface area contributed by atoms with Gasteiger partial charge >= 0.3 is 0 Å². The smallest absolute Gasteiger partial charge is 0.195 e. The highest BCUT2D eigenvalue weighted by molar-refractivity contribution is 6.14. The Morgan fingerprint density at radius 1 is 1.13 bits per heavy atom. The molecule has 2 heterocycles. The van der Waals surface area contributed by atoms with E-state index >= 15 is 0 Å². The standard InChI is InChI=1S/C20H18N2O/c1-14-8-10-16(11-9-14)20(23)19-15(2)17(7-5-12-21)22-13-4-3-6-18(19)22/h3-4,6,8-11,13H,5,7H2,1-2H3. The third kappa shape index (κ3) is 2.64. The maximum atomic E-state index is 13.0. The number of carbonyl (C=O) groups excluding carboxylic acids is 1. The fourth-order valence-electron chi connectivity index (χ4n) is 3.02. The number of nitriles is 1. The van der Waals surface area contributed by atoms with Crippen molar-refractivity contribution in [3.63, 3.8) is 0 Å². The number of aromatic nitrogens is 1. The van der Waals surface area contributed by atoms with Gasteiger partial charge in [0, 0.05) is 30.3 Å². The molecule has 3 nitrogen and oxygen atoms in total. The molecule has 0 saturated heterocycles. The number of nitrogens with zero attached hydrogens (tertiary/aromatic N) is 2. The van der Waals surface area contributed by atoms with E-state index in [1.807, 2.05) is 66.9 Å². The number of hydrogen-bond acceptors (Lipinski definition) is 2. The Labute approximate surface area is 135 Å². The lowest BCUT2D eigenvalue weighted by Gasteiger charge is -2.03. The van der Waals surface area contributed by atoms with Crippen LogP contribution < -0.4 is 0 Å². The summed E-state index contributed by atoms with van der Waals surface area (Å²) in [4.78, 5) is 13.0. The second-order valence-corrected chi connectivity index (χ2v) is 5.76. The molecule has 0 fully saturated rings. The summed E-state index contributed by atoms with van der Waals surface area (Å²) in [6.45, 7) is 3.98. The van der Waals surface area contributed by atoms with Gasteiger partial charge in [-0.1, -0.05) is 35.9 Å². The fourth-order valence-corrected chi connectivity index (χ4v) is 3.02. The minimum absolute atomic E-state index is 0.0365. The fraction of sp³-hybridized carbons (Fsp3) is 0.200. The quantitative estimate of drug-likeness (QED) is 0.676. The van der Waals surface area contributed by atoms with Crippen molar-refractivity contribution in [2.75, 3.05) is 0 Å². The predicted octanol–water partition coefficient (Wildman–Crippen LogP) is 4.24. The van der Waals surface area contributed by atoms with E-state index in [1.54, 1.807) is 0 Å². The zero-order chi connectivity index (χ0) is 16.4. The highest BCUT2D eigenvalue weighted by Gasteiger charge is 2.21. The maximum absolute atomic E-state index is 13.0. The number of aryl methyl sites for hydroxylation is 2. The van der Waals surface area contributed by atoms with Gasteiger partial charge in [0.2, 0.25) is 0 Å². The van der Waals surface area contributed by atoms with E-state index in [1.165, 1.54) is 0 Å². The molecule has 0 bridgehead atoms. The highest BCUT2D eigenvalue weighted by Crippen LogP contribution is 2.26. The van der Waals surface area contributed by atoms with Crippen molar-refractivity contribution in [2.45, 2.75) is 26.7 Å². The topological polar surface area (TPSA) is 45.3 Å². The van der Waals surface area contributed by atoms with Crippen molar-refractivity contribution in [3.05, 3.63) is 76.6 Å². The molecule has 0 atom stereocenters. The van der Waals surface area contributed by atoms with Crippen molar-refractivity contribution < 1.29 is 4.79 Å². The van der Waals surface area contributed by atoms with E-state index in [-0.39, 0.29) is 5.78 Å². The molecule has 0 radical (unpaired) electrons. The molecule has 0 spiro atoms. The van der Waals surface area contributed by atoms with Crippen LogP contribution in [0, 0.1) is 25.2 Å². The summed E-state index contributed by atoms with van der Waals surface area (Å²) in [5.74, 6) is 0.0365. The van der Waals surface area contributed by atoms with Crippen LogP contribution in [0.4, 0.5) is 0 Å². The molecule has 0 aliphatic heterocycles. The molecule has 3 aromatic rings. The van der Waals surface area contributed by atoms with Crippen LogP contribution in [0.5, 0.6) is 0 Å². The van der Waals surface area contributed by atoms with Crippen LogP contribution in [0.25, 0.3) is 5.52 Å². The summed E-state index contributed by atoms with van der Waals surface area (Å²) in [6, 6.07) is 15.7. The summed E-state index contributed by atoms with van der Waals surface area (Å²) in [5, 5.41) is 8.88. The van der Waals surface area contributed by atoms with Crippen LogP contribution in [0.15, 0.2) is 48.7 Å². The van der Waals surface area contributed by atoms with E-state index in [0.29, 0.717) is 18.4 Å². The zero-order valence-electron chi connectivity index (χ0n) is 13.3. The SMILES string of the molecule is Cc1ccc(C(=O)c2c(C)c(CCC#N)n3ccccc23)cc1. The Morgan fingerprint density at radius 3 is 2.57 bits per heavy atom. The van der Waals surface area contributed by atoms with E-state index in [4.69, 9.17) is 5.26 Å². The Hall–Kier alpha value is -2.86. The van der Waals surface area contributed by atoms with Crippen LogP contribution in [0.2, 0.25) is 0 Å². The van der Waals surface area contributed by atoms with Crippen molar-refractivity contribution in [1.29, 1.82) is 5.26 Å². The van der Waals surface area contributed by atoms with Crippen molar-refractivity contribution in [3.8, 4) is 6.07 Å². The molecule has 1 aromatic carbocycles. The number of hydrogen-bond donors (Lipinski definition) is 0. The Kier molecular flexibility index (Phi) is 3.99. The van der Waals surface area contributed by atoms with Gasteiger partial charge in [0.05, 0.1) is 17.1 Å². The van der Waals surface area contributed by atoms with Gasteiger partial charge in [0.25, 0.3) is 0 Å². The maximum Gasteiger partial charge on any atom is 0.195 e. The van der Waals surface area contributed by atoms with Crippen LogP contribution in [0.1, 0.15) is 39.2 Å².